The minimum atomic E-state index is -0.394. The molecule has 2 fully saturated rings. The van der Waals surface area contributed by atoms with Gasteiger partial charge in [0, 0.05) is 24.7 Å². The Morgan fingerprint density at radius 3 is 2.84 bits per heavy atom. The highest BCUT2D eigenvalue weighted by Crippen LogP contribution is 2.24. The lowest BCUT2D eigenvalue weighted by Crippen LogP contribution is -2.51. The van der Waals surface area contributed by atoms with Crippen LogP contribution >= 0.6 is 0 Å². The van der Waals surface area contributed by atoms with E-state index >= 15 is 0 Å². The van der Waals surface area contributed by atoms with Gasteiger partial charge in [-0.3, -0.25) is 14.5 Å². The number of rotatable bonds is 4. The molecule has 0 bridgehead atoms. The number of nitrogens with zero attached hydrogens (tertiary/aromatic N) is 2. The molecule has 0 radical (unpaired) electrons. The standard InChI is InChI=1S/C18H24N4O3/c1-12-4-3-7-21(15(12)9-19)17(24)14-6-2-5-13(8-14)11-22-16(23)10-20-18(22)25/h2,5-6,8,12,15H,3-4,7,9-11,19H2,1H3,(H,20,25). The van der Waals surface area contributed by atoms with E-state index in [-0.39, 0.29) is 30.9 Å². The first kappa shape index (κ1) is 17.4. The summed E-state index contributed by atoms with van der Waals surface area (Å²) in [6.45, 7) is 3.49. The van der Waals surface area contributed by atoms with Gasteiger partial charge in [-0.1, -0.05) is 19.1 Å². The van der Waals surface area contributed by atoms with Crippen molar-refractivity contribution in [3.63, 3.8) is 0 Å². The molecule has 0 saturated carbocycles. The molecule has 134 valence electrons. The zero-order valence-electron chi connectivity index (χ0n) is 14.4. The summed E-state index contributed by atoms with van der Waals surface area (Å²) in [4.78, 5) is 39.4. The number of imide groups is 1. The van der Waals surface area contributed by atoms with Gasteiger partial charge < -0.3 is 16.0 Å². The predicted molar refractivity (Wildman–Crippen MR) is 92.7 cm³/mol. The highest BCUT2D eigenvalue weighted by molar-refractivity contribution is 6.02. The normalized spacial score (nSPS) is 23.8. The zero-order valence-corrected chi connectivity index (χ0v) is 14.4. The van der Waals surface area contributed by atoms with Gasteiger partial charge in [0.05, 0.1) is 13.1 Å². The number of urea groups is 1. The molecule has 3 N–H and O–H groups in total. The predicted octanol–water partition coefficient (Wildman–Crippen LogP) is 0.938. The summed E-state index contributed by atoms with van der Waals surface area (Å²) in [6.07, 6.45) is 2.06. The van der Waals surface area contributed by atoms with Crippen molar-refractivity contribution < 1.29 is 14.4 Å². The second kappa shape index (κ2) is 7.23. The molecule has 2 atom stereocenters. The summed E-state index contributed by atoms with van der Waals surface area (Å²) in [6, 6.07) is 6.78. The third-order valence-corrected chi connectivity index (χ3v) is 5.07. The molecule has 25 heavy (non-hydrogen) atoms. The molecule has 1 aromatic rings. The summed E-state index contributed by atoms with van der Waals surface area (Å²) < 4.78 is 0. The highest BCUT2D eigenvalue weighted by Gasteiger charge is 2.32. The Bertz CT molecular complexity index is 675. The molecule has 7 heteroatoms. The van der Waals surface area contributed by atoms with Gasteiger partial charge in [-0.2, -0.15) is 0 Å². The van der Waals surface area contributed by atoms with Gasteiger partial charge in [0.2, 0.25) is 5.91 Å². The van der Waals surface area contributed by atoms with Gasteiger partial charge in [-0.15, -0.1) is 0 Å². The Morgan fingerprint density at radius 1 is 1.36 bits per heavy atom. The number of nitrogens with one attached hydrogen (secondary N) is 1. The molecule has 3 rings (SSSR count). The fraction of sp³-hybridized carbons (Fsp3) is 0.500. The summed E-state index contributed by atoms with van der Waals surface area (Å²) >= 11 is 0. The number of hydrogen-bond donors (Lipinski definition) is 2. The van der Waals surface area contributed by atoms with Crippen LogP contribution in [0.25, 0.3) is 0 Å². The number of carbonyl (C=O) groups is 3. The van der Waals surface area contributed by atoms with Gasteiger partial charge in [0.15, 0.2) is 0 Å². The van der Waals surface area contributed by atoms with Crippen molar-refractivity contribution in [2.45, 2.75) is 32.4 Å². The minimum Gasteiger partial charge on any atom is -0.334 e. The molecule has 0 aromatic heterocycles. The molecular formula is C18H24N4O3. The first-order valence-electron chi connectivity index (χ1n) is 8.69. The second-order valence-electron chi connectivity index (χ2n) is 6.76. The van der Waals surface area contributed by atoms with Crippen molar-refractivity contribution in [2.75, 3.05) is 19.6 Å². The monoisotopic (exact) mass is 344 g/mol. The van der Waals surface area contributed by atoms with Crippen LogP contribution in [0.4, 0.5) is 4.79 Å². The van der Waals surface area contributed by atoms with Crippen LogP contribution < -0.4 is 11.1 Å². The van der Waals surface area contributed by atoms with Crippen molar-refractivity contribution in [3.05, 3.63) is 35.4 Å². The molecule has 2 saturated heterocycles. The van der Waals surface area contributed by atoms with Gasteiger partial charge in [-0.05, 0) is 36.5 Å². The maximum atomic E-state index is 12.9. The van der Waals surface area contributed by atoms with Gasteiger partial charge >= 0.3 is 6.03 Å². The van der Waals surface area contributed by atoms with E-state index in [1.165, 1.54) is 0 Å². The average Bonchev–Trinajstić information content (AvgIpc) is 2.93. The third-order valence-electron chi connectivity index (χ3n) is 5.07. The van der Waals surface area contributed by atoms with Crippen LogP contribution in [-0.2, 0) is 11.3 Å². The summed E-state index contributed by atoms with van der Waals surface area (Å²) in [5.74, 6) is 0.0904. The largest absolute Gasteiger partial charge is 0.334 e. The van der Waals surface area contributed by atoms with Crippen LogP contribution in [0.15, 0.2) is 24.3 Å². The van der Waals surface area contributed by atoms with E-state index in [4.69, 9.17) is 5.73 Å². The lowest BCUT2D eigenvalue weighted by molar-refractivity contribution is -0.125. The lowest BCUT2D eigenvalue weighted by Gasteiger charge is -2.39. The maximum Gasteiger partial charge on any atom is 0.324 e. The first-order valence-corrected chi connectivity index (χ1v) is 8.69. The molecule has 0 aliphatic carbocycles. The van der Waals surface area contributed by atoms with E-state index in [2.05, 4.69) is 12.2 Å². The summed E-state index contributed by atoms with van der Waals surface area (Å²) in [5.41, 5.74) is 7.21. The number of amides is 4. The summed E-state index contributed by atoms with van der Waals surface area (Å²) in [7, 11) is 0. The second-order valence-corrected chi connectivity index (χ2v) is 6.76. The number of carbonyl (C=O) groups excluding carboxylic acids is 3. The average molecular weight is 344 g/mol. The number of nitrogens with two attached hydrogens (primary N) is 1. The van der Waals surface area contributed by atoms with Crippen molar-refractivity contribution in [1.82, 2.24) is 15.1 Å². The van der Waals surface area contributed by atoms with Crippen molar-refractivity contribution >= 4 is 17.8 Å². The topological polar surface area (TPSA) is 95.7 Å². The molecule has 2 aliphatic rings. The molecule has 4 amide bonds. The SMILES string of the molecule is CC1CCCN(C(=O)c2cccc(CN3C(=O)CNC3=O)c2)C1CN. The van der Waals surface area contributed by atoms with Gasteiger partial charge in [0.1, 0.15) is 0 Å². The Kier molecular flexibility index (Phi) is 5.03. The van der Waals surface area contributed by atoms with E-state index < -0.39 is 6.03 Å². The van der Waals surface area contributed by atoms with E-state index in [9.17, 15) is 14.4 Å². The molecule has 7 nitrogen and oxygen atoms in total. The zero-order chi connectivity index (χ0) is 18.0. The van der Waals surface area contributed by atoms with Crippen LogP contribution in [0.1, 0.15) is 35.7 Å². The van der Waals surface area contributed by atoms with E-state index in [0.717, 1.165) is 23.3 Å². The molecule has 2 unspecified atom stereocenters. The Balaban J connectivity index is 1.77. The van der Waals surface area contributed by atoms with E-state index in [0.29, 0.717) is 24.6 Å². The number of piperidine rings is 1. The van der Waals surface area contributed by atoms with E-state index in [1.54, 1.807) is 18.2 Å². The molecule has 2 heterocycles. The minimum absolute atomic E-state index is 0.0291. The smallest absolute Gasteiger partial charge is 0.324 e. The summed E-state index contributed by atoms with van der Waals surface area (Å²) in [5, 5.41) is 2.50. The van der Waals surface area contributed by atoms with Crippen LogP contribution in [0.5, 0.6) is 0 Å². The fourth-order valence-electron chi connectivity index (χ4n) is 3.63. The molecule has 0 spiro atoms. The molecule has 1 aromatic carbocycles. The Labute approximate surface area is 147 Å². The Hall–Kier alpha value is -2.41. The molecular weight excluding hydrogens is 320 g/mol. The number of hydrogen-bond acceptors (Lipinski definition) is 4. The van der Waals surface area contributed by atoms with E-state index in [1.807, 2.05) is 11.0 Å². The number of likely N-dealkylation sites (tertiary alicyclic amines) is 1. The van der Waals surface area contributed by atoms with Crippen molar-refractivity contribution in [2.24, 2.45) is 11.7 Å². The maximum absolute atomic E-state index is 12.9. The first-order chi connectivity index (χ1) is 12.0. The molecule has 2 aliphatic heterocycles. The third kappa shape index (κ3) is 3.51. The van der Waals surface area contributed by atoms with Crippen LogP contribution in [0.3, 0.4) is 0 Å². The van der Waals surface area contributed by atoms with Crippen LogP contribution in [-0.4, -0.2) is 53.3 Å². The number of benzene rings is 1. The lowest BCUT2D eigenvalue weighted by atomic mass is 9.90. The van der Waals surface area contributed by atoms with Gasteiger partial charge in [0.25, 0.3) is 5.91 Å². The quantitative estimate of drug-likeness (QED) is 0.795. The van der Waals surface area contributed by atoms with Crippen molar-refractivity contribution in [3.8, 4) is 0 Å². The fourth-order valence-corrected chi connectivity index (χ4v) is 3.63. The van der Waals surface area contributed by atoms with Crippen LogP contribution in [0.2, 0.25) is 0 Å². The Morgan fingerprint density at radius 2 is 2.16 bits per heavy atom. The highest BCUT2D eigenvalue weighted by atomic mass is 16.2. The van der Waals surface area contributed by atoms with Crippen LogP contribution in [0, 0.1) is 5.92 Å². The van der Waals surface area contributed by atoms with Crippen molar-refractivity contribution in [1.29, 1.82) is 0 Å². The van der Waals surface area contributed by atoms with Gasteiger partial charge in [-0.25, -0.2) is 4.79 Å².